The Bertz CT molecular complexity index is 390. The van der Waals surface area contributed by atoms with E-state index in [1.54, 1.807) is 0 Å². The number of amides is 1. The Hall–Kier alpha value is -0.580. The highest BCUT2D eigenvalue weighted by molar-refractivity contribution is 14.1. The number of halogens is 1. The lowest BCUT2D eigenvalue weighted by Crippen LogP contribution is -2.35. The quantitative estimate of drug-likeness (QED) is 0.777. The van der Waals surface area contributed by atoms with Crippen LogP contribution in [-0.2, 0) is 0 Å². The van der Waals surface area contributed by atoms with E-state index in [4.69, 9.17) is 0 Å². The number of hydrogen-bond acceptors (Lipinski definition) is 1. The second-order valence-corrected chi connectivity index (χ2v) is 5.19. The molecule has 1 aromatic rings. The Morgan fingerprint density at radius 2 is 2.12 bits per heavy atom. The van der Waals surface area contributed by atoms with Gasteiger partial charge in [-0.25, -0.2) is 0 Å². The zero-order valence-electron chi connectivity index (χ0n) is 10.2. The maximum absolute atomic E-state index is 12.2. The topological polar surface area (TPSA) is 20.3 Å². The van der Waals surface area contributed by atoms with Gasteiger partial charge in [0.25, 0.3) is 5.91 Å². The van der Waals surface area contributed by atoms with Crippen molar-refractivity contribution in [2.24, 2.45) is 0 Å². The molecule has 2 nitrogen and oxygen atoms in total. The molecule has 1 unspecified atom stereocenters. The molecule has 0 aliphatic carbocycles. The maximum Gasteiger partial charge on any atom is 0.254 e. The Kier molecular flexibility index (Phi) is 4.77. The van der Waals surface area contributed by atoms with E-state index < -0.39 is 0 Å². The molecular formula is C13H18INO. The first-order valence-electron chi connectivity index (χ1n) is 5.51. The number of rotatable bonds is 3. The molecule has 0 bridgehead atoms. The van der Waals surface area contributed by atoms with Gasteiger partial charge in [0.05, 0.1) is 5.56 Å². The Labute approximate surface area is 111 Å². The molecule has 0 spiro atoms. The van der Waals surface area contributed by atoms with Crippen LogP contribution >= 0.6 is 22.6 Å². The number of carbonyl (C=O) groups excluding carboxylic acids is 1. The van der Waals surface area contributed by atoms with Gasteiger partial charge in [0.1, 0.15) is 0 Å². The summed E-state index contributed by atoms with van der Waals surface area (Å²) in [7, 11) is 1.87. The van der Waals surface area contributed by atoms with Crippen molar-refractivity contribution in [1.82, 2.24) is 4.90 Å². The van der Waals surface area contributed by atoms with Crippen molar-refractivity contribution in [2.75, 3.05) is 7.05 Å². The predicted octanol–water partition coefficient (Wildman–Crippen LogP) is 3.47. The molecule has 1 atom stereocenters. The van der Waals surface area contributed by atoms with Crippen molar-refractivity contribution in [3.63, 3.8) is 0 Å². The third kappa shape index (κ3) is 2.75. The molecule has 0 saturated carbocycles. The first-order chi connectivity index (χ1) is 7.49. The monoisotopic (exact) mass is 331 g/mol. The van der Waals surface area contributed by atoms with Crippen LogP contribution in [0.25, 0.3) is 0 Å². The van der Waals surface area contributed by atoms with Crippen LogP contribution in [0.2, 0.25) is 0 Å². The summed E-state index contributed by atoms with van der Waals surface area (Å²) in [6.45, 7) is 6.19. The van der Waals surface area contributed by atoms with Crippen molar-refractivity contribution in [2.45, 2.75) is 33.2 Å². The van der Waals surface area contributed by atoms with E-state index in [1.165, 1.54) is 0 Å². The minimum atomic E-state index is 0.113. The van der Waals surface area contributed by atoms with Gasteiger partial charge in [-0.15, -0.1) is 0 Å². The zero-order valence-corrected chi connectivity index (χ0v) is 12.4. The third-order valence-electron chi connectivity index (χ3n) is 2.99. The van der Waals surface area contributed by atoms with E-state index in [-0.39, 0.29) is 11.9 Å². The van der Waals surface area contributed by atoms with Gasteiger partial charge in [-0.05, 0) is 54.5 Å². The average molecular weight is 331 g/mol. The van der Waals surface area contributed by atoms with Crippen molar-refractivity contribution in [3.05, 3.63) is 32.9 Å². The van der Waals surface area contributed by atoms with Crippen LogP contribution in [0.15, 0.2) is 18.2 Å². The summed E-state index contributed by atoms with van der Waals surface area (Å²) in [6.07, 6.45) is 0.977. The van der Waals surface area contributed by atoms with Crippen LogP contribution in [0.4, 0.5) is 0 Å². The standard InChI is InChI=1S/C13H18INO/c1-5-10(3)15(4)13(16)11-8-6-7-9(2)12(11)14/h6-8,10H,5H2,1-4H3. The highest BCUT2D eigenvalue weighted by Crippen LogP contribution is 2.19. The molecule has 1 amide bonds. The largest absolute Gasteiger partial charge is 0.339 e. The smallest absolute Gasteiger partial charge is 0.254 e. The van der Waals surface area contributed by atoms with Crippen molar-refractivity contribution >= 4 is 28.5 Å². The second-order valence-electron chi connectivity index (χ2n) is 4.11. The first-order valence-corrected chi connectivity index (χ1v) is 6.59. The fraction of sp³-hybridized carbons (Fsp3) is 0.462. The molecule has 0 saturated heterocycles. The molecule has 0 aliphatic heterocycles. The zero-order chi connectivity index (χ0) is 12.3. The van der Waals surface area contributed by atoms with Gasteiger partial charge in [-0.2, -0.15) is 0 Å². The van der Waals surface area contributed by atoms with Gasteiger partial charge in [0.15, 0.2) is 0 Å². The molecular weight excluding hydrogens is 313 g/mol. The number of nitrogens with zero attached hydrogens (tertiary/aromatic N) is 1. The number of aryl methyl sites for hydroxylation is 1. The third-order valence-corrected chi connectivity index (χ3v) is 4.43. The summed E-state index contributed by atoms with van der Waals surface area (Å²) in [6, 6.07) is 6.15. The van der Waals surface area contributed by atoms with Gasteiger partial charge in [-0.3, -0.25) is 4.79 Å². The minimum absolute atomic E-state index is 0.113. The normalized spacial score (nSPS) is 12.3. The summed E-state index contributed by atoms with van der Waals surface area (Å²) in [5.74, 6) is 0.113. The highest BCUT2D eigenvalue weighted by atomic mass is 127. The Morgan fingerprint density at radius 3 is 2.69 bits per heavy atom. The predicted molar refractivity (Wildman–Crippen MR) is 75.7 cm³/mol. The maximum atomic E-state index is 12.2. The van der Waals surface area contributed by atoms with Crippen molar-refractivity contribution in [1.29, 1.82) is 0 Å². The summed E-state index contributed by atoms with van der Waals surface area (Å²) < 4.78 is 1.06. The highest BCUT2D eigenvalue weighted by Gasteiger charge is 2.18. The van der Waals surface area contributed by atoms with E-state index in [9.17, 15) is 4.79 Å². The Morgan fingerprint density at radius 1 is 1.50 bits per heavy atom. The SMILES string of the molecule is CCC(C)N(C)C(=O)c1cccc(C)c1I. The molecule has 0 aromatic heterocycles. The fourth-order valence-electron chi connectivity index (χ4n) is 1.48. The lowest BCUT2D eigenvalue weighted by molar-refractivity contribution is 0.0739. The summed E-state index contributed by atoms with van der Waals surface area (Å²) in [5.41, 5.74) is 1.97. The van der Waals surface area contributed by atoms with Crippen LogP contribution in [0, 0.1) is 10.5 Å². The van der Waals surface area contributed by atoms with Crippen LogP contribution in [0.1, 0.15) is 36.2 Å². The fourth-order valence-corrected chi connectivity index (χ4v) is 2.07. The van der Waals surface area contributed by atoms with Gasteiger partial charge in [-0.1, -0.05) is 19.1 Å². The molecule has 88 valence electrons. The molecule has 0 heterocycles. The summed E-state index contributed by atoms with van der Waals surface area (Å²) in [5, 5.41) is 0. The number of hydrogen-bond donors (Lipinski definition) is 0. The lowest BCUT2D eigenvalue weighted by Gasteiger charge is -2.24. The molecule has 0 radical (unpaired) electrons. The van der Waals surface area contributed by atoms with Crippen molar-refractivity contribution < 1.29 is 4.79 Å². The summed E-state index contributed by atoms with van der Waals surface area (Å²) >= 11 is 2.24. The van der Waals surface area contributed by atoms with Gasteiger partial charge < -0.3 is 4.90 Å². The molecule has 1 aromatic carbocycles. The Balaban J connectivity index is 3.01. The molecule has 0 fully saturated rings. The summed E-state index contributed by atoms with van der Waals surface area (Å²) in [4.78, 5) is 14.1. The number of carbonyl (C=O) groups is 1. The molecule has 0 N–H and O–H groups in total. The van der Waals surface area contributed by atoms with E-state index in [2.05, 4.69) is 36.4 Å². The van der Waals surface area contributed by atoms with Gasteiger partial charge in [0.2, 0.25) is 0 Å². The van der Waals surface area contributed by atoms with Crippen LogP contribution < -0.4 is 0 Å². The van der Waals surface area contributed by atoms with E-state index in [0.717, 1.165) is 21.1 Å². The van der Waals surface area contributed by atoms with Crippen LogP contribution in [-0.4, -0.2) is 23.9 Å². The average Bonchev–Trinajstić information content (AvgIpc) is 2.29. The minimum Gasteiger partial charge on any atom is -0.339 e. The number of benzene rings is 1. The molecule has 1 rings (SSSR count). The molecule has 3 heteroatoms. The van der Waals surface area contributed by atoms with Crippen molar-refractivity contribution in [3.8, 4) is 0 Å². The van der Waals surface area contributed by atoms with E-state index in [1.807, 2.05) is 37.1 Å². The van der Waals surface area contributed by atoms with Gasteiger partial charge >= 0.3 is 0 Å². The second kappa shape index (κ2) is 5.66. The molecule has 0 aliphatic rings. The van der Waals surface area contributed by atoms with Crippen LogP contribution in [0.3, 0.4) is 0 Å². The van der Waals surface area contributed by atoms with Crippen LogP contribution in [0.5, 0.6) is 0 Å². The first kappa shape index (κ1) is 13.5. The molecule has 16 heavy (non-hydrogen) atoms. The lowest BCUT2D eigenvalue weighted by atomic mass is 10.1. The van der Waals surface area contributed by atoms with Gasteiger partial charge in [0, 0.05) is 16.7 Å². The van der Waals surface area contributed by atoms with E-state index >= 15 is 0 Å². The van der Waals surface area contributed by atoms with E-state index in [0.29, 0.717) is 0 Å².